The maximum absolute atomic E-state index is 12.8. The monoisotopic (exact) mass is 391 g/mol. The van der Waals surface area contributed by atoms with Gasteiger partial charge in [0.1, 0.15) is 12.7 Å². The fraction of sp³-hybridized carbons (Fsp3) is 0.227. The van der Waals surface area contributed by atoms with Crippen molar-refractivity contribution in [3.8, 4) is 17.2 Å². The number of para-hydroxylation sites is 3. The van der Waals surface area contributed by atoms with Crippen molar-refractivity contribution in [1.82, 2.24) is 15.1 Å². The van der Waals surface area contributed by atoms with Gasteiger partial charge in [0.25, 0.3) is 11.7 Å². The molecule has 1 aliphatic rings. The summed E-state index contributed by atoms with van der Waals surface area (Å²) in [4.78, 5) is 25.3. The quantitative estimate of drug-likeness (QED) is 0.534. The predicted octanol–water partition coefficient (Wildman–Crippen LogP) is 2.63. The number of carbonyl (C=O) groups excluding carboxylic acids is 2. The first-order chi connectivity index (χ1) is 14.0. The Morgan fingerprint density at radius 2 is 1.76 bits per heavy atom. The van der Waals surface area contributed by atoms with Gasteiger partial charge in [-0.15, -0.1) is 0 Å². The van der Waals surface area contributed by atoms with Gasteiger partial charge < -0.3 is 14.8 Å². The van der Waals surface area contributed by atoms with E-state index in [2.05, 4.69) is 10.4 Å². The minimum Gasteiger partial charge on any atom is -0.486 e. The Kier molecular flexibility index (Phi) is 5.03. The Balaban J connectivity index is 1.44. The van der Waals surface area contributed by atoms with Crippen LogP contribution in [0.15, 0.2) is 54.6 Å². The van der Waals surface area contributed by atoms with E-state index in [1.54, 1.807) is 24.6 Å². The molecule has 0 saturated heterocycles. The zero-order valence-corrected chi connectivity index (χ0v) is 16.2. The Hall–Kier alpha value is -3.61. The molecule has 1 N–H and O–H groups in total. The first kappa shape index (κ1) is 18.7. The molecule has 4 rings (SSSR count). The number of amides is 1. The molecule has 29 heavy (non-hydrogen) atoms. The normalized spacial score (nSPS) is 15.0. The molecule has 0 bridgehead atoms. The number of nitrogens with one attached hydrogen (secondary N) is 1. The molecule has 7 nitrogen and oxygen atoms in total. The number of fused-ring (bicyclic) bond motifs is 1. The molecule has 1 amide bonds. The molecule has 2 heterocycles. The summed E-state index contributed by atoms with van der Waals surface area (Å²) in [5.74, 6) is -0.00328. The van der Waals surface area contributed by atoms with Gasteiger partial charge in [0.05, 0.1) is 29.2 Å². The lowest BCUT2D eigenvalue weighted by Gasteiger charge is -2.26. The number of ketones is 1. The number of nitrogens with zero attached hydrogens (tertiary/aromatic N) is 2. The van der Waals surface area contributed by atoms with E-state index in [1.165, 1.54) is 0 Å². The van der Waals surface area contributed by atoms with E-state index in [-0.39, 0.29) is 12.6 Å². The molecule has 0 aliphatic carbocycles. The standard InChI is InChI=1S/C22H21N3O4/c1-14-20(15(2)25(24-14)16-8-4-3-5-9-16)21(26)22(27)23-12-17-13-28-18-10-6-7-11-19(18)29-17/h3-11,17H,12-13H2,1-2H3,(H,23,27)/t17-/m1/s1. The summed E-state index contributed by atoms with van der Waals surface area (Å²) in [6, 6.07) is 16.8. The van der Waals surface area contributed by atoms with Gasteiger partial charge in [-0.1, -0.05) is 30.3 Å². The molecule has 148 valence electrons. The fourth-order valence-electron chi connectivity index (χ4n) is 3.36. The number of carbonyl (C=O) groups is 2. The van der Waals surface area contributed by atoms with Crippen LogP contribution < -0.4 is 14.8 Å². The van der Waals surface area contributed by atoms with Crippen LogP contribution in [0.5, 0.6) is 11.5 Å². The van der Waals surface area contributed by atoms with Crippen LogP contribution in [0.3, 0.4) is 0 Å². The molecule has 7 heteroatoms. The van der Waals surface area contributed by atoms with Gasteiger partial charge in [0.2, 0.25) is 0 Å². The Morgan fingerprint density at radius 3 is 2.52 bits per heavy atom. The Labute approximate surface area is 168 Å². The van der Waals surface area contributed by atoms with Gasteiger partial charge in [-0.3, -0.25) is 9.59 Å². The first-order valence-electron chi connectivity index (χ1n) is 9.37. The van der Waals surface area contributed by atoms with Crippen molar-refractivity contribution in [3.63, 3.8) is 0 Å². The predicted molar refractivity (Wildman–Crippen MR) is 107 cm³/mol. The summed E-state index contributed by atoms with van der Waals surface area (Å²) in [6.45, 7) is 3.98. The van der Waals surface area contributed by atoms with Crippen molar-refractivity contribution in [2.45, 2.75) is 20.0 Å². The van der Waals surface area contributed by atoms with Gasteiger partial charge in [0.15, 0.2) is 11.5 Å². The topological polar surface area (TPSA) is 82.5 Å². The molecular weight excluding hydrogens is 370 g/mol. The lowest BCUT2D eigenvalue weighted by molar-refractivity contribution is -0.117. The van der Waals surface area contributed by atoms with Crippen molar-refractivity contribution in [1.29, 1.82) is 0 Å². The zero-order chi connectivity index (χ0) is 20.4. The van der Waals surface area contributed by atoms with Crippen LogP contribution in [-0.2, 0) is 4.79 Å². The first-order valence-corrected chi connectivity index (χ1v) is 9.37. The molecule has 2 aromatic carbocycles. The third-order valence-corrected chi connectivity index (χ3v) is 4.78. The van der Waals surface area contributed by atoms with Crippen molar-refractivity contribution < 1.29 is 19.1 Å². The number of Topliss-reactive ketones (excluding diaryl/α,β-unsaturated/α-hetero) is 1. The second kappa shape index (κ2) is 7.79. The van der Waals surface area contributed by atoms with Crippen molar-refractivity contribution in [2.24, 2.45) is 0 Å². The molecule has 0 unspecified atom stereocenters. The van der Waals surface area contributed by atoms with E-state index in [0.29, 0.717) is 35.1 Å². The third kappa shape index (κ3) is 3.71. The van der Waals surface area contributed by atoms with E-state index >= 15 is 0 Å². The van der Waals surface area contributed by atoms with Gasteiger partial charge in [-0.25, -0.2) is 4.68 Å². The van der Waals surface area contributed by atoms with E-state index in [0.717, 1.165) is 5.69 Å². The van der Waals surface area contributed by atoms with Crippen LogP contribution >= 0.6 is 0 Å². The lowest BCUT2D eigenvalue weighted by atomic mass is 10.1. The maximum Gasteiger partial charge on any atom is 0.292 e. The van der Waals surface area contributed by atoms with Crippen LogP contribution in [0.2, 0.25) is 0 Å². The second-order valence-electron chi connectivity index (χ2n) is 6.83. The van der Waals surface area contributed by atoms with Gasteiger partial charge in [-0.2, -0.15) is 5.10 Å². The van der Waals surface area contributed by atoms with Crippen LogP contribution in [-0.4, -0.2) is 40.7 Å². The highest BCUT2D eigenvalue weighted by atomic mass is 16.6. The molecule has 0 radical (unpaired) electrons. The smallest absolute Gasteiger partial charge is 0.292 e. The summed E-state index contributed by atoms with van der Waals surface area (Å²) < 4.78 is 13.1. The SMILES string of the molecule is Cc1nn(-c2ccccc2)c(C)c1C(=O)C(=O)NC[C@@H]1COc2ccccc2O1. The molecule has 1 aliphatic heterocycles. The second-order valence-corrected chi connectivity index (χ2v) is 6.83. The largest absolute Gasteiger partial charge is 0.486 e. The highest BCUT2D eigenvalue weighted by Crippen LogP contribution is 2.30. The third-order valence-electron chi connectivity index (χ3n) is 4.78. The molecule has 0 saturated carbocycles. The average molecular weight is 391 g/mol. The van der Waals surface area contributed by atoms with Gasteiger partial charge >= 0.3 is 0 Å². The Morgan fingerprint density at radius 1 is 1.07 bits per heavy atom. The van der Waals surface area contributed by atoms with Crippen molar-refractivity contribution in [2.75, 3.05) is 13.2 Å². The lowest BCUT2D eigenvalue weighted by Crippen LogP contribution is -2.43. The average Bonchev–Trinajstić information content (AvgIpc) is 3.05. The van der Waals surface area contributed by atoms with E-state index < -0.39 is 11.7 Å². The summed E-state index contributed by atoms with van der Waals surface area (Å²) in [5, 5.41) is 7.08. The van der Waals surface area contributed by atoms with Crippen LogP contribution in [0.1, 0.15) is 21.7 Å². The number of hydrogen-bond acceptors (Lipinski definition) is 5. The number of hydrogen-bond donors (Lipinski definition) is 1. The van der Waals surface area contributed by atoms with Crippen molar-refractivity contribution in [3.05, 3.63) is 71.5 Å². The zero-order valence-electron chi connectivity index (χ0n) is 16.2. The fourth-order valence-corrected chi connectivity index (χ4v) is 3.36. The van der Waals surface area contributed by atoms with Crippen LogP contribution in [0.25, 0.3) is 5.69 Å². The molecule has 1 atom stereocenters. The minimum absolute atomic E-state index is 0.170. The van der Waals surface area contributed by atoms with Gasteiger partial charge in [0, 0.05) is 0 Å². The molecule has 0 fully saturated rings. The molecular formula is C22H21N3O4. The summed E-state index contributed by atoms with van der Waals surface area (Å²) in [6.07, 6.45) is -0.365. The number of aryl methyl sites for hydroxylation is 1. The van der Waals surface area contributed by atoms with Crippen molar-refractivity contribution >= 4 is 11.7 Å². The van der Waals surface area contributed by atoms with E-state index in [9.17, 15) is 9.59 Å². The number of ether oxygens (including phenoxy) is 2. The van der Waals surface area contributed by atoms with Gasteiger partial charge in [-0.05, 0) is 38.1 Å². The number of rotatable bonds is 5. The number of aromatic nitrogens is 2. The summed E-state index contributed by atoms with van der Waals surface area (Å²) >= 11 is 0. The number of benzene rings is 2. The highest BCUT2D eigenvalue weighted by molar-refractivity contribution is 6.43. The molecule has 1 aromatic heterocycles. The minimum atomic E-state index is -0.689. The van der Waals surface area contributed by atoms with E-state index in [1.807, 2.05) is 48.5 Å². The molecule has 0 spiro atoms. The van der Waals surface area contributed by atoms with E-state index in [4.69, 9.17) is 9.47 Å². The Bertz CT molecular complexity index is 1060. The summed E-state index contributed by atoms with van der Waals surface area (Å²) in [7, 11) is 0. The summed E-state index contributed by atoms with van der Waals surface area (Å²) in [5.41, 5.74) is 2.29. The highest BCUT2D eigenvalue weighted by Gasteiger charge is 2.27. The maximum atomic E-state index is 12.8. The molecule has 3 aromatic rings. The van der Waals surface area contributed by atoms with Crippen LogP contribution in [0.4, 0.5) is 0 Å². The van der Waals surface area contributed by atoms with Crippen LogP contribution in [0, 0.1) is 13.8 Å².